The Bertz CT molecular complexity index is 324. The van der Waals surface area contributed by atoms with E-state index in [4.69, 9.17) is 0 Å². The van der Waals surface area contributed by atoms with Gasteiger partial charge in [-0.2, -0.15) is 0 Å². The summed E-state index contributed by atoms with van der Waals surface area (Å²) in [7, 11) is 0. The largest absolute Gasteiger partial charge is 0.358 e. The number of aromatic nitrogens is 2. The second-order valence-corrected chi connectivity index (χ2v) is 6.44. The van der Waals surface area contributed by atoms with Crippen LogP contribution in [0.1, 0.15) is 26.2 Å². The number of hydrogen-bond donors (Lipinski definition) is 1. The predicted octanol–water partition coefficient (Wildman–Crippen LogP) is 2.59. The van der Waals surface area contributed by atoms with Gasteiger partial charge in [-0.05, 0) is 48.8 Å². The van der Waals surface area contributed by atoms with Gasteiger partial charge in [0.05, 0.1) is 0 Å². The third-order valence-corrected chi connectivity index (χ3v) is 4.28. The standard InChI is InChI=1S/C10H17BrN4S/c1-8(15-5-3-2-4-6-15)7-12-10-14-13-9(11)16-10/h8H,2-7H2,1H3,(H,12,14). The van der Waals surface area contributed by atoms with Crippen LogP contribution in [0.4, 0.5) is 5.13 Å². The zero-order valence-corrected chi connectivity index (χ0v) is 11.9. The minimum absolute atomic E-state index is 0.572. The molecule has 90 valence electrons. The summed E-state index contributed by atoms with van der Waals surface area (Å²) >= 11 is 4.85. The fourth-order valence-electron chi connectivity index (χ4n) is 2.00. The number of piperidine rings is 1. The number of nitrogens with zero attached hydrogens (tertiary/aromatic N) is 3. The van der Waals surface area contributed by atoms with Crippen LogP contribution in [0.15, 0.2) is 3.92 Å². The number of likely N-dealkylation sites (tertiary alicyclic amines) is 1. The average molecular weight is 305 g/mol. The predicted molar refractivity (Wildman–Crippen MR) is 71.0 cm³/mol. The van der Waals surface area contributed by atoms with E-state index >= 15 is 0 Å². The molecule has 0 bridgehead atoms. The maximum absolute atomic E-state index is 4.02. The van der Waals surface area contributed by atoms with Crippen LogP contribution in [0.2, 0.25) is 0 Å². The molecule has 6 heteroatoms. The Balaban J connectivity index is 1.76. The Kier molecular flexibility index (Phi) is 4.55. The van der Waals surface area contributed by atoms with Crippen LogP contribution in [-0.2, 0) is 0 Å². The van der Waals surface area contributed by atoms with Crippen molar-refractivity contribution >= 4 is 32.4 Å². The quantitative estimate of drug-likeness (QED) is 0.928. The van der Waals surface area contributed by atoms with Gasteiger partial charge in [-0.15, -0.1) is 10.2 Å². The van der Waals surface area contributed by atoms with Gasteiger partial charge in [0.2, 0.25) is 5.13 Å². The number of halogens is 1. The molecule has 1 atom stereocenters. The van der Waals surface area contributed by atoms with Crippen LogP contribution >= 0.6 is 27.3 Å². The van der Waals surface area contributed by atoms with Gasteiger partial charge in [-0.25, -0.2) is 0 Å². The summed E-state index contributed by atoms with van der Waals surface area (Å²) in [5.74, 6) is 0. The van der Waals surface area contributed by atoms with Gasteiger partial charge in [0, 0.05) is 12.6 Å². The summed E-state index contributed by atoms with van der Waals surface area (Å²) in [6.07, 6.45) is 4.07. The number of nitrogens with one attached hydrogen (secondary N) is 1. The highest BCUT2D eigenvalue weighted by Crippen LogP contribution is 2.20. The molecule has 0 aromatic carbocycles. The zero-order chi connectivity index (χ0) is 11.4. The lowest BCUT2D eigenvalue weighted by Gasteiger charge is -2.32. The fourth-order valence-corrected chi connectivity index (χ4v) is 3.02. The summed E-state index contributed by atoms with van der Waals surface area (Å²) in [6.45, 7) is 5.70. The molecule has 1 fully saturated rings. The van der Waals surface area contributed by atoms with Crippen LogP contribution in [0.25, 0.3) is 0 Å². The van der Waals surface area contributed by atoms with Crippen molar-refractivity contribution in [3.05, 3.63) is 3.92 Å². The zero-order valence-electron chi connectivity index (χ0n) is 9.45. The van der Waals surface area contributed by atoms with Gasteiger partial charge >= 0.3 is 0 Å². The summed E-state index contributed by atoms with van der Waals surface area (Å²) < 4.78 is 0.834. The van der Waals surface area contributed by atoms with Gasteiger partial charge in [-0.3, -0.25) is 4.90 Å². The van der Waals surface area contributed by atoms with Crippen molar-refractivity contribution in [2.45, 2.75) is 32.2 Å². The van der Waals surface area contributed by atoms with Crippen LogP contribution in [0, 0.1) is 0 Å². The lowest BCUT2D eigenvalue weighted by Crippen LogP contribution is -2.41. The Morgan fingerprint density at radius 2 is 2.12 bits per heavy atom. The molecular formula is C10H17BrN4S. The molecule has 1 saturated heterocycles. The van der Waals surface area contributed by atoms with E-state index in [1.54, 1.807) is 11.3 Å². The molecule has 0 spiro atoms. The van der Waals surface area contributed by atoms with Gasteiger partial charge in [-0.1, -0.05) is 17.8 Å². The lowest BCUT2D eigenvalue weighted by molar-refractivity contribution is 0.180. The first kappa shape index (κ1) is 12.3. The van der Waals surface area contributed by atoms with Crippen LogP contribution in [-0.4, -0.2) is 40.8 Å². The van der Waals surface area contributed by atoms with Gasteiger partial charge < -0.3 is 5.32 Å². The molecule has 0 aliphatic carbocycles. The highest BCUT2D eigenvalue weighted by molar-refractivity contribution is 9.11. The summed E-state index contributed by atoms with van der Waals surface area (Å²) in [5, 5.41) is 12.2. The smallest absolute Gasteiger partial charge is 0.206 e. The molecule has 16 heavy (non-hydrogen) atoms. The van der Waals surface area contributed by atoms with Gasteiger partial charge in [0.15, 0.2) is 3.92 Å². The van der Waals surface area contributed by atoms with Crippen molar-refractivity contribution < 1.29 is 0 Å². The van der Waals surface area contributed by atoms with Crippen molar-refractivity contribution in [2.24, 2.45) is 0 Å². The monoisotopic (exact) mass is 304 g/mol. The maximum Gasteiger partial charge on any atom is 0.206 e. The maximum atomic E-state index is 4.02. The molecule has 1 aliphatic heterocycles. The molecule has 1 aromatic heterocycles. The van der Waals surface area contributed by atoms with Crippen molar-refractivity contribution in [2.75, 3.05) is 25.0 Å². The molecule has 1 unspecified atom stereocenters. The molecule has 2 heterocycles. The van der Waals surface area contributed by atoms with Crippen LogP contribution < -0.4 is 5.32 Å². The van der Waals surface area contributed by atoms with E-state index in [0.717, 1.165) is 15.6 Å². The second-order valence-electron chi connectivity index (χ2n) is 4.19. The van der Waals surface area contributed by atoms with E-state index in [0.29, 0.717) is 6.04 Å². The Morgan fingerprint density at radius 1 is 1.38 bits per heavy atom. The van der Waals surface area contributed by atoms with Crippen molar-refractivity contribution in [3.63, 3.8) is 0 Å². The lowest BCUT2D eigenvalue weighted by atomic mass is 10.1. The molecule has 1 N–H and O–H groups in total. The van der Waals surface area contributed by atoms with E-state index in [-0.39, 0.29) is 0 Å². The van der Waals surface area contributed by atoms with E-state index in [2.05, 4.69) is 43.3 Å². The third-order valence-electron chi connectivity index (χ3n) is 2.96. The molecule has 0 amide bonds. The average Bonchev–Trinajstić information content (AvgIpc) is 2.73. The molecule has 4 nitrogen and oxygen atoms in total. The fraction of sp³-hybridized carbons (Fsp3) is 0.800. The highest BCUT2D eigenvalue weighted by Gasteiger charge is 2.16. The Hall–Kier alpha value is -0.200. The minimum Gasteiger partial charge on any atom is -0.358 e. The van der Waals surface area contributed by atoms with E-state index in [1.807, 2.05) is 0 Å². The molecule has 1 aromatic rings. The first-order valence-electron chi connectivity index (χ1n) is 5.72. The first-order valence-corrected chi connectivity index (χ1v) is 7.33. The number of anilines is 1. The number of hydrogen-bond acceptors (Lipinski definition) is 5. The summed E-state index contributed by atoms with van der Waals surface area (Å²) in [6, 6.07) is 0.572. The summed E-state index contributed by atoms with van der Waals surface area (Å²) in [5.41, 5.74) is 0. The van der Waals surface area contributed by atoms with Crippen molar-refractivity contribution in [1.82, 2.24) is 15.1 Å². The Labute approximate surface area is 109 Å². The topological polar surface area (TPSA) is 41.1 Å². The summed E-state index contributed by atoms with van der Waals surface area (Å²) in [4.78, 5) is 2.55. The highest BCUT2D eigenvalue weighted by atomic mass is 79.9. The van der Waals surface area contributed by atoms with Gasteiger partial charge in [0.1, 0.15) is 0 Å². The molecular weight excluding hydrogens is 288 g/mol. The first-order chi connectivity index (χ1) is 7.75. The van der Waals surface area contributed by atoms with E-state index in [1.165, 1.54) is 32.4 Å². The molecule has 0 saturated carbocycles. The minimum atomic E-state index is 0.572. The van der Waals surface area contributed by atoms with Crippen molar-refractivity contribution in [3.8, 4) is 0 Å². The number of rotatable bonds is 4. The SMILES string of the molecule is CC(CNc1nnc(Br)s1)N1CCCCC1. The molecule has 1 aliphatic rings. The second kappa shape index (κ2) is 5.93. The van der Waals surface area contributed by atoms with E-state index < -0.39 is 0 Å². The Morgan fingerprint density at radius 3 is 2.75 bits per heavy atom. The van der Waals surface area contributed by atoms with E-state index in [9.17, 15) is 0 Å². The normalized spacial score (nSPS) is 19.6. The molecule has 0 radical (unpaired) electrons. The van der Waals surface area contributed by atoms with Crippen LogP contribution in [0.5, 0.6) is 0 Å². The van der Waals surface area contributed by atoms with Crippen LogP contribution in [0.3, 0.4) is 0 Å². The third kappa shape index (κ3) is 3.40. The van der Waals surface area contributed by atoms with Gasteiger partial charge in [0.25, 0.3) is 0 Å². The van der Waals surface area contributed by atoms with Crippen molar-refractivity contribution in [1.29, 1.82) is 0 Å². The molecule has 2 rings (SSSR count).